The van der Waals surface area contributed by atoms with E-state index in [0.29, 0.717) is 78.5 Å². The fourth-order valence-electron chi connectivity index (χ4n) is 5.39. The van der Waals surface area contributed by atoms with Gasteiger partial charge in [-0.2, -0.15) is 0 Å². The van der Waals surface area contributed by atoms with Crippen molar-refractivity contribution in [2.45, 2.75) is 52.1 Å². The van der Waals surface area contributed by atoms with Gasteiger partial charge >= 0.3 is 0 Å². The van der Waals surface area contributed by atoms with Gasteiger partial charge in [-0.15, -0.1) is 36.5 Å². The van der Waals surface area contributed by atoms with Crippen LogP contribution in [0.4, 0.5) is 0 Å². The van der Waals surface area contributed by atoms with Crippen molar-refractivity contribution in [3.63, 3.8) is 0 Å². The lowest BCUT2D eigenvalue weighted by atomic mass is 9.81. The molecule has 0 saturated heterocycles. The molecule has 4 heteroatoms. The van der Waals surface area contributed by atoms with E-state index in [1.54, 1.807) is 0 Å². The maximum atomic E-state index is 6.26. The Bertz CT molecular complexity index is 1380. The molecule has 0 saturated carbocycles. The fraction of sp³-hybridized carbons (Fsp3) is 0.318. The van der Waals surface area contributed by atoms with Crippen LogP contribution in [0.3, 0.4) is 0 Å². The van der Waals surface area contributed by atoms with Gasteiger partial charge in [0.1, 0.15) is 0 Å². The number of benzene rings is 4. The molecule has 0 aliphatic heterocycles. The van der Waals surface area contributed by atoms with Gasteiger partial charge in [-0.3, -0.25) is 0 Å². The van der Waals surface area contributed by atoms with E-state index in [9.17, 15) is 0 Å². The molecule has 4 aromatic carbocycles. The minimum Gasteiger partial charge on any atom is -0.376 e. The molecule has 48 heavy (non-hydrogen) atoms. The van der Waals surface area contributed by atoms with Crippen molar-refractivity contribution in [3.8, 4) is 36.5 Å². The van der Waals surface area contributed by atoms with Crippen molar-refractivity contribution in [2.24, 2.45) is 10.8 Å². The van der Waals surface area contributed by atoms with E-state index in [0.717, 1.165) is 22.3 Å². The Morgan fingerprint density at radius 1 is 0.375 bits per heavy atom. The lowest BCUT2D eigenvalue weighted by Gasteiger charge is -2.31. The van der Waals surface area contributed by atoms with Gasteiger partial charge in [0.2, 0.25) is 0 Å². The van der Waals surface area contributed by atoms with Crippen LogP contribution in [0.2, 0.25) is 0 Å². The summed E-state index contributed by atoms with van der Waals surface area (Å²) >= 11 is 0. The predicted octanol–water partition coefficient (Wildman–Crippen LogP) is 8.66. The van der Waals surface area contributed by atoms with Crippen LogP contribution in [0.1, 0.15) is 47.9 Å². The molecule has 0 aromatic heterocycles. The molecule has 4 nitrogen and oxygen atoms in total. The Morgan fingerprint density at radius 3 is 0.854 bits per heavy atom. The summed E-state index contributed by atoms with van der Waals surface area (Å²) in [6, 6.07) is 40.5. The lowest BCUT2D eigenvalue weighted by Crippen LogP contribution is -2.33. The van der Waals surface area contributed by atoms with Gasteiger partial charge in [0.15, 0.2) is 0 Å². The molecule has 0 fully saturated rings. The normalized spacial score (nSPS) is 11.2. The van der Waals surface area contributed by atoms with Crippen molar-refractivity contribution in [3.05, 3.63) is 144 Å². The first-order valence-corrected chi connectivity index (χ1v) is 16.4. The second-order valence-corrected chi connectivity index (χ2v) is 12.4. The maximum absolute atomic E-state index is 6.26. The fourth-order valence-corrected chi connectivity index (χ4v) is 5.39. The summed E-state index contributed by atoms with van der Waals surface area (Å²) in [6.45, 7) is 3.64. The van der Waals surface area contributed by atoms with Gasteiger partial charge in [-0.05, 0) is 22.3 Å². The second-order valence-electron chi connectivity index (χ2n) is 12.4. The first-order chi connectivity index (χ1) is 23.6. The average molecular weight is 639 g/mol. The smallest absolute Gasteiger partial charge is 0.0717 e. The first kappa shape index (κ1) is 36.2. The van der Waals surface area contributed by atoms with Crippen LogP contribution < -0.4 is 0 Å². The van der Waals surface area contributed by atoms with Crippen LogP contribution >= 0.6 is 0 Å². The highest BCUT2D eigenvalue weighted by atomic mass is 16.5. The van der Waals surface area contributed by atoms with Crippen LogP contribution in [0.25, 0.3) is 0 Å². The van der Waals surface area contributed by atoms with E-state index in [2.05, 4.69) is 72.2 Å². The summed E-state index contributed by atoms with van der Waals surface area (Å²) in [6.07, 6.45) is 13.8. The molecule has 0 spiro atoms. The van der Waals surface area contributed by atoms with Crippen molar-refractivity contribution in [1.29, 1.82) is 0 Å². The highest BCUT2D eigenvalue weighted by molar-refractivity contribution is 5.17. The van der Waals surface area contributed by atoms with Gasteiger partial charge < -0.3 is 18.9 Å². The van der Waals surface area contributed by atoms with Crippen LogP contribution in [0.15, 0.2) is 121 Å². The van der Waals surface area contributed by atoms with E-state index in [-0.39, 0.29) is 0 Å². The summed E-state index contributed by atoms with van der Waals surface area (Å²) in [5.41, 5.74) is 3.46. The second kappa shape index (κ2) is 20.6. The van der Waals surface area contributed by atoms with Crippen molar-refractivity contribution >= 4 is 0 Å². The summed E-state index contributed by atoms with van der Waals surface area (Å²) in [4.78, 5) is 0. The molecule has 4 aromatic rings. The molecule has 0 unspecified atom stereocenters. The van der Waals surface area contributed by atoms with Crippen LogP contribution in [0, 0.1) is 47.4 Å². The number of rotatable bonds is 20. The Kier molecular flexibility index (Phi) is 15.6. The van der Waals surface area contributed by atoms with Crippen molar-refractivity contribution < 1.29 is 18.9 Å². The lowest BCUT2D eigenvalue weighted by molar-refractivity contribution is -0.0295. The molecule has 246 valence electrons. The maximum Gasteiger partial charge on any atom is 0.0717 e. The zero-order chi connectivity index (χ0) is 33.6. The molecule has 0 amide bonds. The quantitative estimate of drug-likeness (QED) is 0.0909. The van der Waals surface area contributed by atoms with Gasteiger partial charge in [0.25, 0.3) is 0 Å². The first-order valence-electron chi connectivity index (χ1n) is 16.4. The van der Waals surface area contributed by atoms with E-state index >= 15 is 0 Å². The molecule has 0 atom stereocenters. The largest absolute Gasteiger partial charge is 0.376 e. The van der Waals surface area contributed by atoms with E-state index < -0.39 is 10.8 Å². The molecule has 0 radical (unpaired) electrons. The minimum atomic E-state index is -0.478. The zero-order valence-electron chi connectivity index (χ0n) is 27.8. The highest BCUT2D eigenvalue weighted by Gasteiger charge is 2.32. The molecular formula is C44H46O4. The monoisotopic (exact) mass is 638 g/mol. The molecule has 0 heterocycles. The van der Waals surface area contributed by atoms with Crippen LogP contribution in [-0.4, -0.2) is 26.4 Å². The van der Waals surface area contributed by atoms with Gasteiger partial charge in [-0.25, -0.2) is 0 Å². The average Bonchev–Trinajstić information content (AvgIpc) is 3.12. The van der Waals surface area contributed by atoms with Crippen molar-refractivity contribution in [1.82, 2.24) is 0 Å². The Balaban J connectivity index is 1.48. The third-order valence-electron chi connectivity index (χ3n) is 8.09. The molecule has 0 N–H and O–H groups in total. The molecule has 0 bridgehead atoms. The van der Waals surface area contributed by atoms with E-state index in [4.69, 9.17) is 31.8 Å². The predicted molar refractivity (Wildman–Crippen MR) is 193 cm³/mol. The molecule has 0 aliphatic rings. The molecule has 4 rings (SSSR count). The van der Waals surface area contributed by atoms with E-state index in [1.807, 2.05) is 72.8 Å². The van der Waals surface area contributed by atoms with Gasteiger partial charge in [0.05, 0.1) is 52.9 Å². The summed E-state index contributed by atoms with van der Waals surface area (Å²) in [7, 11) is 0. The third-order valence-corrected chi connectivity index (χ3v) is 8.09. The summed E-state index contributed by atoms with van der Waals surface area (Å²) < 4.78 is 25.0. The molecular weight excluding hydrogens is 592 g/mol. The minimum absolute atomic E-state index is 0.422. The topological polar surface area (TPSA) is 36.9 Å². The van der Waals surface area contributed by atoms with E-state index in [1.165, 1.54) is 0 Å². The number of terminal acetylenes is 2. The summed E-state index contributed by atoms with van der Waals surface area (Å²) in [5.74, 6) is 12.7. The van der Waals surface area contributed by atoms with Gasteiger partial charge in [-0.1, -0.05) is 121 Å². The van der Waals surface area contributed by atoms with Crippen LogP contribution in [0.5, 0.6) is 0 Å². The van der Waals surface area contributed by atoms with Crippen LogP contribution in [-0.2, 0) is 45.4 Å². The number of hydrogen-bond acceptors (Lipinski definition) is 4. The number of hydrogen-bond donors (Lipinski definition) is 0. The van der Waals surface area contributed by atoms with Crippen molar-refractivity contribution in [2.75, 3.05) is 26.4 Å². The van der Waals surface area contributed by atoms with Gasteiger partial charge in [0, 0.05) is 36.5 Å². The SMILES string of the molecule is C#CCC(CC#CCC(CC#C)(COCc1ccccc1)COCc1ccccc1)(COCc1ccccc1)COCc1ccccc1. The highest BCUT2D eigenvalue weighted by Crippen LogP contribution is 2.31. The zero-order valence-corrected chi connectivity index (χ0v) is 27.8. The Labute approximate surface area is 287 Å². The summed E-state index contributed by atoms with van der Waals surface area (Å²) in [5, 5.41) is 0. The Morgan fingerprint density at radius 2 is 0.625 bits per heavy atom. The molecule has 0 aliphatic carbocycles. The number of ether oxygens (including phenoxy) is 4. The standard InChI is InChI=1S/C44H46O4/c1-3-27-43(35-45-31-39-19-9-5-10-20-39,36-46-32-40-21-11-6-12-22-40)29-17-18-30-44(28-4-2,37-47-33-41-23-13-7-14-24-41)38-48-34-42-25-15-8-16-26-42/h1-2,5-16,19-26H,27-38H2. The Hall–Kier alpha value is -4.60. The third kappa shape index (κ3) is 12.9.